The van der Waals surface area contributed by atoms with E-state index in [-0.39, 0.29) is 0 Å². The maximum Gasteiger partial charge on any atom is 0.397 e. The van der Waals surface area contributed by atoms with E-state index in [0.717, 1.165) is 0 Å². The second-order valence-corrected chi connectivity index (χ2v) is 4.41. The van der Waals surface area contributed by atoms with Gasteiger partial charge in [0, 0.05) is 13.1 Å². The zero-order valence-electron chi connectivity index (χ0n) is 9.41. The minimum atomic E-state index is -0.788. The summed E-state index contributed by atoms with van der Waals surface area (Å²) in [7, 11) is 0. The van der Waals surface area contributed by atoms with Crippen LogP contribution in [0.25, 0.3) is 0 Å². The molecule has 0 N–H and O–H groups in total. The lowest BCUT2D eigenvalue weighted by molar-refractivity contribution is -0.169. The van der Waals surface area contributed by atoms with E-state index in [1.54, 1.807) is 20.8 Å². The first-order valence-electron chi connectivity index (χ1n) is 5.00. The van der Waals surface area contributed by atoms with Crippen molar-refractivity contribution in [2.75, 3.05) is 26.3 Å². The molecule has 1 fully saturated rings. The standard InChI is InChI=1S/C10H17NO4/c1-10(2,3)15-9(13)8(12)11-4-6-14-7-5-11/h4-7H2,1-3H3. The molecular formula is C10H17NO4. The highest BCUT2D eigenvalue weighted by atomic mass is 16.6. The van der Waals surface area contributed by atoms with Crippen LogP contribution in [0.2, 0.25) is 0 Å². The van der Waals surface area contributed by atoms with Crippen LogP contribution in [-0.2, 0) is 19.1 Å². The fourth-order valence-electron chi connectivity index (χ4n) is 1.22. The summed E-state index contributed by atoms with van der Waals surface area (Å²) in [6, 6.07) is 0. The summed E-state index contributed by atoms with van der Waals surface area (Å²) >= 11 is 0. The summed E-state index contributed by atoms with van der Waals surface area (Å²) < 4.78 is 10.1. The number of hydrogen-bond acceptors (Lipinski definition) is 4. The van der Waals surface area contributed by atoms with Crippen molar-refractivity contribution in [1.82, 2.24) is 4.90 Å². The molecule has 86 valence electrons. The Balaban J connectivity index is 2.48. The molecule has 0 aliphatic carbocycles. The van der Waals surface area contributed by atoms with Gasteiger partial charge >= 0.3 is 11.9 Å². The molecule has 1 aliphatic heterocycles. The molecule has 1 aliphatic rings. The van der Waals surface area contributed by atoms with Gasteiger partial charge in [0.2, 0.25) is 0 Å². The zero-order chi connectivity index (χ0) is 11.5. The van der Waals surface area contributed by atoms with Gasteiger partial charge in [-0.1, -0.05) is 0 Å². The Morgan fingerprint density at radius 1 is 1.20 bits per heavy atom. The van der Waals surface area contributed by atoms with Crippen molar-refractivity contribution in [3.8, 4) is 0 Å². The Morgan fingerprint density at radius 3 is 2.20 bits per heavy atom. The van der Waals surface area contributed by atoms with Crippen molar-refractivity contribution in [1.29, 1.82) is 0 Å². The van der Waals surface area contributed by atoms with E-state index >= 15 is 0 Å². The summed E-state index contributed by atoms with van der Waals surface area (Å²) in [6.45, 7) is 7.08. The number of esters is 1. The van der Waals surface area contributed by atoms with Crippen molar-refractivity contribution in [2.24, 2.45) is 0 Å². The molecule has 5 heteroatoms. The molecular weight excluding hydrogens is 198 g/mol. The van der Waals surface area contributed by atoms with E-state index in [2.05, 4.69) is 0 Å². The SMILES string of the molecule is CC(C)(C)OC(=O)C(=O)N1CCOCC1. The normalized spacial score (nSPS) is 17.4. The molecule has 1 rings (SSSR count). The Kier molecular flexibility index (Phi) is 3.68. The molecule has 5 nitrogen and oxygen atoms in total. The summed E-state index contributed by atoms with van der Waals surface area (Å²) in [5.74, 6) is -1.36. The van der Waals surface area contributed by atoms with Gasteiger partial charge in [0.25, 0.3) is 0 Å². The topological polar surface area (TPSA) is 55.8 Å². The lowest BCUT2D eigenvalue weighted by atomic mass is 10.2. The smallest absolute Gasteiger partial charge is 0.397 e. The lowest BCUT2D eigenvalue weighted by Gasteiger charge is -2.27. The van der Waals surface area contributed by atoms with Gasteiger partial charge in [0.05, 0.1) is 13.2 Å². The molecule has 0 spiro atoms. The Labute approximate surface area is 89.3 Å². The van der Waals surface area contributed by atoms with Crippen molar-refractivity contribution in [3.05, 3.63) is 0 Å². The van der Waals surface area contributed by atoms with Crippen LogP contribution in [0.3, 0.4) is 0 Å². The van der Waals surface area contributed by atoms with Crippen LogP contribution in [-0.4, -0.2) is 48.7 Å². The van der Waals surface area contributed by atoms with E-state index in [4.69, 9.17) is 9.47 Å². The van der Waals surface area contributed by atoms with Gasteiger partial charge in [-0.05, 0) is 20.8 Å². The third-order valence-electron chi connectivity index (χ3n) is 1.87. The van der Waals surface area contributed by atoms with Gasteiger partial charge in [-0.2, -0.15) is 0 Å². The van der Waals surface area contributed by atoms with Gasteiger partial charge in [-0.3, -0.25) is 4.79 Å². The fourth-order valence-corrected chi connectivity index (χ4v) is 1.22. The highest BCUT2D eigenvalue weighted by Crippen LogP contribution is 2.08. The highest BCUT2D eigenvalue weighted by Gasteiger charge is 2.28. The number of nitrogens with zero attached hydrogens (tertiary/aromatic N) is 1. The number of morpholine rings is 1. The largest absolute Gasteiger partial charge is 0.453 e. The Hall–Kier alpha value is -1.10. The van der Waals surface area contributed by atoms with Crippen LogP contribution < -0.4 is 0 Å². The maximum absolute atomic E-state index is 11.6. The van der Waals surface area contributed by atoms with E-state index in [1.807, 2.05) is 0 Å². The van der Waals surface area contributed by atoms with Crippen molar-refractivity contribution >= 4 is 11.9 Å². The summed E-state index contributed by atoms with van der Waals surface area (Å²) in [6.07, 6.45) is 0. The average Bonchev–Trinajstić information content (AvgIpc) is 2.15. The van der Waals surface area contributed by atoms with Crippen LogP contribution >= 0.6 is 0 Å². The second kappa shape index (κ2) is 4.61. The van der Waals surface area contributed by atoms with Crippen molar-refractivity contribution in [3.63, 3.8) is 0 Å². The number of hydrogen-bond donors (Lipinski definition) is 0. The zero-order valence-corrected chi connectivity index (χ0v) is 9.41. The van der Waals surface area contributed by atoms with Crippen LogP contribution in [0.15, 0.2) is 0 Å². The molecule has 0 saturated carbocycles. The molecule has 1 heterocycles. The van der Waals surface area contributed by atoms with Gasteiger partial charge in [0.15, 0.2) is 0 Å². The van der Waals surface area contributed by atoms with E-state index < -0.39 is 17.5 Å². The monoisotopic (exact) mass is 215 g/mol. The number of amides is 1. The molecule has 0 aromatic rings. The highest BCUT2D eigenvalue weighted by molar-refractivity contribution is 6.32. The Morgan fingerprint density at radius 2 is 1.73 bits per heavy atom. The van der Waals surface area contributed by atoms with Crippen LogP contribution in [0.1, 0.15) is 20.8 Å². The third kappa shape index (κ3) is 3.87. The molecule has 0 radical (unpaired) electrons. The van der Waals surface area contributed by atoms with E-state index in [0.29, 0.717) is 26.3 Å². The first-order valence-corrected chi connectivity index (χ1v) is 5.00. The number of carbonyl (C=O) groups excluding carboxylic acids is 2. The molecule has 1 amide bonds. The predicted molar refractivity (Wildman–Crippen MR) is 53.2 cm³/mol. The fraction of sp³-hybridized carbons (Fsp3) is 0.800. The molecule has 0 aromatic carbocycles. The van der Waals surface area contributed by atoms with Crippen LogP contribution in [0, 0.1) is 0 Å². The summed E-state index contributed by atoms with van der Waals surface area (Å²) in [5.41, 5.74) is -0.626. The van der Waals surface area contributed by atoms with Crippen molar-refractivity contribution < 1.29 is 19.1 Å². The van der Waals surface area contributed by atoms with Gasteiger partial charge < -0.3 is 14.4 Å². The minimum Gasteiger partial charge on any atom is -0.453 e. The minimum absolute atomic E-state index is 0.456. The number of rotatable bonds is 0. The molecule has 0 unspecified atom stereocenters. The molecule has 15 heavy (non-hydrogen) atoms. The predicted octanol–water partition coefficient (Wildman–Crippen LogP) is 0.187. The van der Waals surface area contributed by atoms with Crippen LogP contribution in [0.4, 0.5) is 0 Å². The van der Waals surface area contributed by atoms with Gasteiger partial charge in [-0.25, -0.2) is 4.79 Å². The summed E-state index contributed by atoms with van der Waals surface area (Å²) in [4.78, 5) is 24.4. The Bertz CT molecular complexity index is 251. The first-order chi connectivity index (χ1) is 6.90. The van der Waals surface area contributed by atoms with E-state index in [9.17, 15) is 9.59 Å². The van der Waals surface area contributed by atoms with Gasteiger partial charge in [-0.15, -0.1) is 0 Å². The first kappa shape index (κ1) is 12.0. The molecule has 0 bridgehead atoms. The summed E-state index contributed by atoms with van der Waals surface area (Å²) in [5, 5.41) is 0. The molecule has 0 aromatic heterocycles. The third-order valence-corrected chi connectivity index (χ3v) is 1.87. The van der Waals surface area contributed by atoms with Crippen LogP contribution in [0.5, 0.6) is 0 Å². The quantitative estimate of drug-likeness (QED) is 0.427. The average molecular weight is 215 g/mol. The van der Waals surface area contributed by atoms with Gasteiger partial charge in [0.1, 0.15) is 5.60 Å². The van der Waals surface area contributed by atoms with Crippen molar-refractivity contribution in [2.45, 2.75) is 26.4 Å². The molecule has 0 atom stereocenters. The second-order valence-electron chi connectivity index (χ2n) is 4.41. The number of carbonyl (C=O) groups is 2. The lowest BCUT2D eigenvalue weighted by Crippen LogP contribution is -2.46. The van der Waals surface area contributed by atoms with E-state index in [1.165, 1.54) is 4.90 Å². The molecule has 1 saturated heterocycles. The maximum atomic E-state index is 11.6. The number of ether oxygens (including phenoxy) is 2.